The molecule has 0 aliphatic rings. The van der Waals surface area contributed by atoms with Crippen LogP contribution in [0.3, 0.4) is 0 Å². The Morgan fingerprint density at radius 3 is 2.94 bits per heavy atom. The van der Waals surface area contributed by atoms with Gasteiger partial charge in [0, 0.05) is 12.6 Å². The zero-order valence-corrected chi connectivity index (χ0v) is 10.7. The molecule has 2 aromatic heterocycles. The summed E-state index contributed by atoms with van der Waals surface area (Å²) in [4.78, 5) is 24.0. The molecule has 0 bridgehead atoms. The van der Waals surface area contributed by atoms with E-state index in [0.717, 1.165) is 4.88 Å². The number of carbonyl (C=O) groups is 1. The van der Waals surface area contributed by atoms with Gasteiger partial charge in [-0.2, -0.15) is 5.10 Å². The first-order chi connectivity index (χ1) is 8.70. The maximum atomic E-state index is 11.6. The summed E-state index contributed by atoms with van der Waals surface area (Å²) in [7, 11) is 0. The van der Waals surface area contributed by atoms with Crippen LogP contribution in [0.15, 0.2) is 34.4 Å². The van der Waals surface area contributed by atoms with Crippen molar-refractivity contribution in [2.75, 3.05) is 6.54 Å². The summed E-state index contributed by atoms with van der Waals surface area (Å²) in [6.45, 7) is 2.32. The van der Waals surface area contributed by atoms with Crippen molar-refractivity contribution >= 4 is 17.2 Å². The number of carbonyl (C=O) groups excluding carboxylic acids is 1. The molecule has 1 N–H and O–H groups in total. The number of amides is 1. The zero-order chi connectivity index (χ0) is 13.0. The van der Waals surface area contributed by atoms with E-state index >= 15 is 0 Å². The normalized spacial score (nSPS) is 10.3. The smallest absolute Gasteiger partial charge is 0.267 e. The Bertz CT molecular complexity index is 590. The number of rotatable bonds is 4. The molecule has 0 fully saturated rings. The summed E-state index contributed by atoms with van der Waals surface area (Å²) in [6, 6.07) is 6.94. The molecule has 0 saturated carbocycles. The average molecular weight is 263 g/mol. The van der Waals surface area contributed by atoms with Crippen LogP contribution in [0.25, 0.3) is 10.6 Å². The Labute approximate surface area is 108 Å². The summed E-state index contributed by atoms with van der Waals surface area (Å²) < 4.78 is 1.18. The SMILES string of the molecule is CCNC(=O)Cn1nc(-c2cccs2)ccc1=O. The molecule has 0 spiro atoms. The van der Waals surface area contributed by atoms with Gasteiger partial charge in [-0.15, -0.1) is 11.3 Å². The molecule has 0 aliphatic heterocycles. The van der Waals surface area contributed by atoms with Gasteiger partial charge in [0.05, 0.1) is 4.88 Å². The van der Waals surface area contributed by atoms with Gasteiger partial charge in [-0.25, -0.2) is 4.68 Å². The van der Waals surface area contributed by atoms with Gasteiger partial charge >= 0.3 is 0 Å². The summed E-state index contributed by atoms with van der Waals surface area (Å²) in [5, 5.41) is 8.77. The molecule has 0 unspecified atom stereocenters. The van der Waals surface area contributed by atoms with Crippen LogP contribution in [0.2, 0.25) is 0 Å². The van der Waals surface area contributed by atoms with Crippen LogP contribution in [-0.2, 0) is 11.3 Å². The first-order valence-electron chi connectivity index (χ1n) is 5.59. The van der Waals surface area contributed by atoms with Crippen molar-refractivity contribution in [2.24, 2.45) is 0 Å². The Hall–Kier alpha value is -1.95. The predicted octanol–water partition coefficient (Wildman–Crippen LogP) is 1.11. The maximum Gasteiger partial charge on any atom is 0.267 e. The van der Waals surface area contributed by atoms with Crippen molar-refractivity contribution in [1.82, 2.24) is 15.1 Å². The molecule has 2 rings (SSSR count). The van der Waals surface area contributed by atoms with Crippen molar-refractivity contribution in [1.29, 1.82) is 0 Å². The monoisotopic (exact) mass is 263 g/mol. The van der Waals surface area contributed by atoms with E-state index in [2.05, 4.69) is 10.4 Å². The number of aromatic nitrogens is 2. The van der Waals surface area contributed by atoms with Gasteiger partial charge in [0.2, 0.25) is 5.91 Å². The fraction of sp³-hybridized carbons (Fsp3) is 0.250. The number of nitrogens with zero attached hydrogens (tertiary/aromatic N) is 2. The minimum atomic E-state index is -0.276. The van der Waals surface area contributed by atoms with Crippen LogP contribution in [-0.4, -0.2) is 22.2 Å². The third kappa shape index (κ3) is 2.84. The standard InChI is InChI=1S/C12H13N3O2S/c1-2-13-11(16)8-15-12(17)6-5-9(14-15)10-4-3-7-18-10/h3-7H,2,8H2,1H3,(H,13,16). The van der Waals surface area contributed by atoms with Crippen LogP contribution in [0.5, 0.6) is 0 Å². The Morgan fingerprint density at radius 2 is 2.28 bits per heavy atom. The molecule has 0 saturated heterocycles. The molecule has 6 heteroatoms. The molecule has 0 aliphatic carbocycles. The zero-order valence-electron chi connectivity index (χ0n) is 9.92. The third-order valence-corrected chi connectivity index (χ3v) is 3.20. The summed E-state index contributed by atoms with van der Waals surface area (Å²) >= 11 is 1.54. The van der Waals surface area contributed by atoms with E-state index in [1.54, 1.807) is 17.4 Å². The minimum Gasteiger partial charge on any atom is -0.355 e. The lowest BCUT2D eigenvalue weighted by Crippen LogP contribution is -2.33. The number of likely N-dealkylation sites (N-methyl/N-ethyl adjacent to an activating group) is 1. The highest BCUT2D eigenvalue weighted by atomic mass is 32.1. The highest BCUT2D eigenvalue weighted by Crippen LogP contribution is 2.20. The second-order valence-electron chi connectivity index (χ2n) is 3.65. The predicted molar refractivity (Wildman–Crippen MR) is 70.5 cm³/mol. The molecule has 2 heterocycles. The quantitative estimate of drug-likeness (QED) is 0.898. The lowest BCUT2D eigenvalue weighted by Gasteiger charge is -2.05. The number of hydrogen-bond acceptors (Lipinski definition) is 4. The molecule has 0 radical (unpaired) electrons. The van der Waals surface area contributed by atoms with Crippen LogP contribution >= 0.6 is 11.3 Å². The Morgan fingerprint density at radius 1 is 1.44 bits per heavy atom. The second kappa shape index (κ2) is 5.59. The summed E-state index contributed by atoms with van der Waals surface area (Å²) in [5.74, 6) is -0.213. The fourth-order valence-electron chi connectivity index (χ4n) is 1.51. The van der Waals surface area contributed by atoms with E-state index in [-0.39, 0.29) is 18.0 Å². The molecule has 94 valence electrons. The van der Waals surface area contributed by atoms with Crippen LogP contribution in [0, 0.1) is 0 Å². The lowest BCUT2D eigenvalue weighted by atomic mass is 10.3. The highest BCUT2D eigenvalue weighted by molar-refractivity contribution is 7.13. The van der Waals surface area contributed by atoms with Crippen LogP contribution in [0.1, 0.15) is 6.92 Å². The summed E-state index contributed by atoms with van der Waals surface area (Å²) in [6.07, 6.45) is 0. The molecule has 5 nitrogen and oxygen atoms in total. The summed E-state index contributed by atoms with van der Waals surface area (Å²) in [5.41, 5.74) is 0.426. The highest BCUT2D eigenvalue weighted by Gasteiger charge is 2.07. The minimum absolute atomic E-state index is 0.0497. The first kappa shape index (κ1) is 12.5. The fourth-order valence-corrected chi connectivity index (χ4v) is 2.20. The molecule has 0 atom stereocenters. The number of thiophene rings is 1. The van der Waals surface area contributed by atoms with E-state index in [1.165, 1.54) is 10.7 Å². The van der Waals surface area contributed by atoms with Crippen molar-refractivity contribution in [2.45, 2.75) is 13.5 Å². The number of hydrogen-bond donors (Lipinski definition) is 1. The van der Waals surface area contributed by atoms with E-state index in [1.807, 2.05) is 24.4 Å². The third-order valence-electron chi connectivity index (χ3n) is 2.31. The van der Waals surface area contributed by atoms with Crippen molar-refractivity contribution in [3.63, 3.8) is 0 Å². The van der Waals surface area contributed by atoms with Crippen LogP contribution in [0.4, 0.5) is 0 Å². The Balaban J connectivity index is 2.28. The van der Waals surface area contributed by atoms with E-state index < -0.39 is 0 Å². The topological polar surface area (TPSA) is 64.0 Å². The van der Waals surface area contributed by atoms with Crippen molar-refractivity contribution < 1.29 is 4.79 Å². The van der Waals surface area contributed by atoms with Gasteiger partial charge in [0.1, 0.15) is 12.2 Å². The largest absolute Gasteiger partial charge is 0.355 e. The van der Waals surface area contributed by atoms with Gasteiger partial charge < -0.3 is 5.32 Å². The van der Waals surface area contributed by atoms with Crippen molar-refractivity contribution in [3.05, 3.63) is 40.0 Å². The Kier molecular flexibility index (Phi) is 3.88. The molecular weight excluding hydrogens is 250 g/mol. The molecule has 2 aromatic rings. The van der Waals surface area contributed by atoms with Gasteiger partial charge in [0.25, 0.3) is 5.56 Å². The number of nitrogens with one attached hydrogen (secondary N) is 1. The van der Waals surface area contributed by atoms with E-state index in [9.17, 15) is 9.59 Å². The second-order valence-corrected chi connectivity index (χ2v) is 4.59. The van der Waals surface area contributed by atoms with E-state index in [0.29, 0.717) is 12.2 Å². The van der Waals surface area contributed by atoms with E-state index in [4.69, 9.17) is 0 Å². The lowest BCUT2D eigenvalue weighted by molar-refractivity contribution is -0.121. The van der Waals surface area contributed by atoms with Gasteiger partial charge in [0.15, 0.2) is 0 Å². The molecule has 0 aromatic carbocycles. The molecular formula is C12H13N3O2S. The molecule has 1 amide bonds. The van der Waals surface area contributed by atoms with Gasteiger partial charge in [-0.3, -0.25) is 9.59 Å². The molecule has 18 heavy (non-hydrogen) atoms. The maximum absolute atomic E-state index is 11.6. The van der Waals surface area contributed by atoms with Gasteiger partial charge in [-0.05, 0) is 24.4 Å². The first-order valence-corrected chi connectivity index (χ1v) is 6.47. The average Bonchev–Trinajstić information content (AvgIpc) is 2.86. The van der Waals surface area contributed by atoms with Gasteiger partial charge in [-0.1, -0.05) is 6.07 Å². The van der Waals surface area contributed by atoms with Crippen LogP contribution < -0.4 is 10.9 Å². The van der Waals surface area contributed by atoms with Crippen molar-refractivity contribution in [3.8, 4) is 10.6 Å².